The summed E-state index contributed by atoms with van der Waals surface area (Å²) >= 11 is 7.93. The second-order valence-electron chi connectivity index (χ2n) is 4.60. The topological polar surface area (TPSA) is 36.4 Å². The third-order valence-corrected chi connectivity index (χ3v) is 4.31. The van der Waals surface area contributed by atoms with E-state index < -0.39 is 6.10 Å². The van der Waals surface area contributed by atoms with Crippen molar-refractivity contribution in [3.8, 4) is 0 Å². The predicted molar refractivity (Wildman–Crippen MR) is 81.0 cm³/mol. The van der Waals surface area contributed by atoms with Gasteiger partial charge in [-0.3, -0.25) is 0 Å². The molecule has 0 bridgehead atoms. The highest BCUT2D eigenvalue weighted by atomic mass is 35.5. The van der Waals surface area contributed by atoms with Crippen molar-refractivity contribution in [2.45, 2.75) is 26.5 Å². The minimum atomic E-state index is -0.499. The van der Waals surface area contributed by atoms with Gasteiger partial charge in [0.15, 0.2) is 0 Å². The molecule has 0 saturated carbocycles. The number of nitrogens with zero attached hydrogens (tertiary/aromatic N) is 2. The van der Waals surface area contributed by atoms with Crippen LogP contribution in [-0.4, -0.2) is 17.1 Å². The van der Waals surface area contributed by atoms with E-state index in [0.717, 1.165) is 23.5 Å². The quantitative estimate of drug-likeness (QED) is 0.932. The van der Waals surface area contributed by atoms with Crippen LogP contribution >= 0.6 is 22.9 Å². The second-order valence-corrected chi connectivity index (χ2v) is 5.95. The first kappa shape index (κ1) is 14.3. The molecule has 0 aliphatic rings. The van der Waals surface area contributed by atoms with Gasteiger partial charge in [-0.2, -0.15) is 0 Å². The number of thiazole rings is 1. The molecule has 1 N–H and O–H groups in total. The molecule has 0 radical (unpaired) electrons. The number of hydrogen-bond donors (Lipinski definition) is 1. The zero-order chi connectivity index (χ0) is 14.0. The van der Waals surface area contributed by atoms with Crippen LogP contribution in [0.2, 0.25) is 5.02 Å². The fourth-order valence-electron chi connectivity index (χ4n) is 1.87. The highest BCUT2D eigenvalue weighted by Crippen LogP contribution is 2.30. The molecule has 0 aliphatic heterocycles. The number of anilines is 1. The highest BCUT2D eigenvalue weighted by molar-refractivity contribution is 7.09. The summed E-state index contributed by atoms with van der Waals surface area (Å²) in [5.41, 5.74) is 4.71. The third kappa shape index (κ3) is 3.26. The smallest absolute Gasteiger partial charge is 0.0798 e. The van der Waals surface area contributed by atoms with Crippen LogP contribution in [0.5, 0.6) is 0 Å². The number of halogens is 1. The Balaban J connectivity index is 2.20. The number of hydrogen-bond acceptors (Lipinski definition) is 4. The summed E-state index contributed by atoms with van der Waals surface area (Å²) in [5.74, 6) is 0. The Labute approximate surface area is 122 Å². The van der Waals surface area contributed by atoms with Gasteiger partial charge in [-0.15, -0.1) is 11.3 Å². The molecule has 0 unspecified atom stereocenters. The number of benzene rings is 1. The van der Waals surface area contributed by atoms with Crippen LogP contribution in [0.4, 0.5) is 5.69 Å². The van der Waals surface area contributed by atoms with Gasteiger partial charge < -0.3 is 10.0 Å². The maximum atomic E-state index is 9.54. The first-order valence-electron chi connectivity index (χ1n) is 6.06. The largest absolute Gasteiger partial charge is 0.389 e. The summed E-state index contributed by atoms with van der Waals surface area (Å²) in [6, 6.07) is 5.67. The van der Waals surface area contributed by atoms with Gasteiger partial charge in [-0.25, -0.2) is 4.98 Å². The molecule has 0 spiro atoms. The van der Waals surface area contributed by atoms with Crippen LogP contribution in [0.1, 0.15) is 29.2 Å². The lowest BCUT2D eigenvalue weighted by Gasteiger charge is -2.21. The van der Waals surface area contributed by atoms with Crippen LogP contribution in [-0.2, 0) is 6.54 Å². The minimum Gasteiger partial charge on any atom is -0.389 e. The Morgan fingerprint density at radius 2 is 2.21 bits per heavy atom. The SMILES string of the molecule is Cc1ncsc1CN(C)c1ccc([C@@H](C)O)cc1Cl. The van der Waals surface area contributed by atoms with E-state index in [0.29, 0.717) is 5.02 Å². The van der Waals surface area contributed by atoms with Gasteiger partial charge in [-0.1, -0.05) is 17.7 Å². The van der Waals surface area contributed by atoms with Crippen molar-refractivity contribution >= 4 is 28.6 Å². The molecule has 102 valence electrons. The predicted octanol–water partition coefficient (Wildman–Crippen LogP) is 3.79. The van der Waals surface area contributed by atoms with Gasteiger partial charge in [0, 0.05) is 11.9 Å². The number of aryl methyl sites for hydroxylation is 1. The second kappa shape index (κ2) is 5.90. The molecule has 1 atom stereocenters. The third-order valence-electron chi connectivity index (χ3n) is 3.09. The van der Waals surface area contributed by atoms with Crippen molar-refractivity contribution in [2.75, 3.05) is 11.9 Å². The number of aromatic nitrogens is 1. The lowest BCUT2D eigenvalue weighted by Crippen LogP contribution is -2.16. The lowest BCUT2D eigenvalue weighted by atomic mass is 10.1. The number of aliphatic hydroxyl groups excluding tert-OH is 1. The molecule has 1 heterocycles. The van der Waals surface area contributed by atoms with Gasteiger partial charge in [0.1, 0.15) is 0 Å². The maximum absolute atomic E-state index is 9.54. The molecule has 1 aromatic carbocycles. The van der Waals surface area contributed by atoms with Crippen LogP contribution in [0.15, 0.2) is 23.7 Å². The van der Waals surface area contributed by atoms with E-state index in [1.54, 1.807) is 18.3 Å². The summed E-state index contributed by atoms with van der Waals surface area (Å²) in [6.07, 6.45) is -0.499. The van der Waals surface area contributed by atoms with E-state index in [1.807, 2.05) is 37.7 Å². The molecular formula is C14H17ClN2OS. The molecule has 1 aromatic heterocycles. The zero-order valence-corrected chi connectivity index (χ0v) is 12.8. The van der Waals surface area contributed by atoms with Gasteiger partial charge >= 0.3 is 0 Å². The normalized spacial score (nSPS) is 12.5. The number of rotatable bonds is 4. The van der Waals surface area contributed by atoms with Gasteiger partial charge in [0.2, 0.25) is 0 Å². The van der Waals surface area contributed by atoms with Crippen LogP contribution in [0, 0.1) is 6.92 Å². The summed E-state index contributed by atoms with van der Waals surface area (Å²) in [6.45, 7) is 4.53. The van der Waals surface area contributed by atoms with Crippen LogP contribution in [0.25, 0.3) is 0 Å². The van der Waals surface area contributed by atoms with Crippen molar-refractivity contribution in [1.29, 1.82) is 0 Å². The fourth-order valence-corrected chi connectivity index (χ4v) is 3.03. The average molecular weight is 297 g/mol. The molecule has 0 amide bonds. The van der Waals surface area contributed by atoms with Crippen LogP contribution in [0.3, 0.4) is 0 Å². The molecular weight excluding hydrogens is 280 g/mol. The highest BCUT2D eigenvalue weighted by Gasteiger charge is 2.11. The monoisotopic (exact) mass is 296 g/mol. The van der Waals surface area contributed by atoms with E-state index in [1.165, 1.54) is 4.88 Å². The summed E-state index contributed by atoms with van der Waals surface area (Å²) in [5, 5.41) is 10.2. The zero-order valence-electron chi connectivity index (χ0n) is 11.2. The van der Waals surface area contributed by atoms with Crippen molar-refractivity contribution in [1.82, 2.24) is 4.98 Å². The Morgan fingerprint density at radius 1 is 1.47 bits per heavy atom. The van der Waals surface area contributed by atoms with E-state index in [4.69, 9.17) is 11.6 Å². The first-order valence-corrected chi connectivity index (χ1v) is 7.32. The average Bonchev–Trinajstić information content (AvgIpc) is 2.74. The van der Waals surface area contributed by atoms with Crippen LogP contribution < -0.4 is 4.90 Å². The number of aliphatic hydroxyl groups is 1. The van der Waals surface area contributed by atoms with E-state index in [2.05, 4.69) is 9.88 Å². The standard InChI is InChI=1S/C14H17ClN2OS/c1-9-14(19-8-16-9)7-17(3)13-5-4-11(10(2)18)6-12(13)15/h4-6,8,10,18H,7H2,1-3H3/t10-/m1/s1. The molecule has 3 nitrogen and oxygen atoms in total. The Bertz CT molecular complexity index is 568. The first-order chi connectivity index (χ1) is 8.99. The molecule has 2 rings (SSSR count). The Kier molecular flexibility index (Phi) is 4.45. The summed E-state index contributed by atoms with van der Waals surface area (Å²) in [7, 11) is 2.00. The van der Waals surface area contributed by atoms with Crippen molar-refractivity contribution in [3.63, 3.8) is 0 Å². The molecule has 0 saturated heterocycles. The van der Waals surface area contributed by atoms with Gasteiger partial charge in [0.25, 0.3) is 0 Å². The van der Waals surface area contributed by atoms with E-state index in [-0.39, 0.29) is 0 Å². The Morgan fingerprint density at radius 3 is 2.74 bits per heavy atom. The van der Waals surface area contributed by atoms with Crippen molar-refractivity contribution < 1.29 is 5.11 Å². The molecule has 19 heavy (non-hydrogen) atoms. The van der Waals surface area contributed by atoms with E-state index in [9.17, 15) is 5.11 Å². The molecule has 0 fully saturated rings. The van der Waals surface area contributed by atoms with Crippen molar-refractivity contribution in [2.24, 2.45) is 0 Å². The summed E-state index contributed by atoms with van der Waals surface area (Å²) in [4.78, 5) is 7.58. The lowest BCUT2D eigenvalue weighted by molar-refractivity contribution is 0.199. The minimum absolute atomic E-state index is 0.499. The maximum Gasteiger partial charge on any atom is 0.0798 e. The van der Waals surface area contributed by atoms with Gasteiger partial charge in [-0.05, 0) is 31.5 Å². The fraction of sp³-hybridized carbons (Fsp3) is 0.357. The molecule has 2 aromatic rings. The summed E-state index contributed by atoms with van der Waals surface area (Å²) < 4.78 is 0. The van der Waals surface area contributed by atoms with E-state index >= 15 is 0 Å². The molecule has 5 heteroatoms. The molecule has 0 aliphatic carbocycles. The van der Waals surface area contributed by atoms with Gasteiger partial charge in [0.05, 0.1) is 34.6 Å². The van der Waals surface area contributed by atoms with Crippen molar-refractivity contribution in [3.05, 3.63) is 44.9 Å². The Hall–Kier alpha value is -1.10.